The maximum atomic E-state index is 13.5. The average Bonchev–Trinajstić information content (AvgIpc) is 3.37. The van der Waals surface area contributed by atoms with Crippen LogP contribution in [0, 0.1) is 6.92 Å². The fourth-order valence-corrected chi connectivity index (χ4v) is 5.69. The molecule has 0 atom stereocenters. The van der Waals surface area contributed by atoms with Gasteiger partial charge in [0.05, 0.1) is 26.1 Å². The molecule has 0 N–H and O–H groups in total. The van der Waals surface area contributed by atoms with Gasteiger partial charge >= 0.3 is 0 Å². The third-order valence-electron chi connectivity index (χ3n) is 6.25. The quantitative estimate of drug-likeness (QED) is 0.172. The number of hydrogen-bond acceptors (Lipinski definition) is 5. The average molecular weight is 643 g/mol. The van der Waals surface area contributed by atoms with Crippen LogP contribution in [0.1, 0.15) is 16.7 Å². The second-order valence-corrected chi connectivity index (χ2v) is 10.8. The maximum Gasteiger partial charge on any atom is 0.282 e. The minimum atomic E-state index is -0.288. The summed E-state index contributed by atoms with van der Waals surface area (Å²) in [5.74, 6) is 1.46. The lowest BCUT2D eigenvalue weighted by atomic mass is 10.2. The van der Waals surface area contributed by atoms with Crippen molar-refractivity contribution in [3.05, 3.63) is 127 Å². The first kappa shape index (κ1) is 25.3. The molecule has 0 aliphatic heterocycles. The van der Waals surface area contributed by atoms with Crippen molar-refractivity contribution >= 4 is 59.9 Å². The molecule has 0 aliphatic carbocycles. The zero-order valence-corrected chi connectivity index (χ0v) is 23.9. The Morgan fingerprint density at radius 3 is 2.44 bits per heavy atom. The van der Waals surface area contributed by atoms with Crippen molar-refractivity contribution in [1.29, 1.82) is 0 Å². The van der Waals surface area contributed by atoms with Gasteiger partial charge in [0.1, 0.15) is 17.9 Å². The minimum absolute atomic E-state index is 0.288. The molecule has 0 saturated heterocycles. The number of fused-ring (bicyclic) bond motifs is 2. The molecule has 0 bridgehead atoms. The van der Waals surface area contributed by atoms with Gasteiger partial charge in [0.15, 0.2) is 5.76 Å². The molecule has 6 rings (SSSR count). The fraction of sp³-hybridized carbons (Fsp3) is 0.0645. The Morgan fingerprint density at radius 1 is 0.949 bits per heavy atom. The van der Waals surface area contributed by atoms with Crippen LogP contribution in [0.15, 0.2) is 114 Å². The van der Waals surface area contributed by atoms with Crippen molar-refractivity contribution in [2.45, 2.75) is 13.5 Å². The van der Waals surface area contributed by atoms with Crippen molar-refractivity contribution in [2.75, 3.05) is 0 Å². The third kappa shape index (κ3) is 5.17. The lowest BCUT2D eigenvalue weighted by molar-refractivity contribution is 0.302. The zero-order valence-electron chi connectivity index (χ0n) is 20.8. The number of benzene rings is 4. The number of furan rings is 1. The maximum absolute atomic E-state index is 13.5. The summed E-state index contributed by atoms with van der Waals surface area (Å²) < 4.78 is 14.9. The summed E-state index contributed by atoms with van der Waals surface area (Å²) in [6.45, 7) is 2.49. The van der Waals surface area contributed by atoms with Crippen LogP contribution in [0.2, 0.25) is 0 Å². The number of halogens is 2. The molecule has 6 aromatic rings. The molecule has 2 heterocycles. The molecule has 0 spiro atoms. The number of para-hydroxylation sites is 2. The molecule has 2 aromatic heterocycles. The molecule has 0 unspecified atom stereocenters. The van der Waals surface area contributed by atoms with E-state index in [2.05, 4.69) is 56.0 Å². The molecule has 0 aliphatic rings. The third-order valence-corrected chi connectivity index (χ3v) is 7.42. The lowest BCUT2D eigenvalue weighted by Gasteiger charge is -2.12. The first-order valence-electron chi connectivity index (χ1n) is 12.2. The highest BCUT2D eigenvalue weighted by atomic mass is 79.9. The van der Waals surface area contributed by atoms with Gasteiger partial charge in [0, 0.05) is 5.39 Å². The van der Waals surface area contributed by atoms with Crippen LogP contribution >= 0.6 is 31.9 Å². The van der Waals surface area contributed by atoms with E-state index in [1.165, 1.54) is 10.2 Å². The first-order valence-corrected chi connectivity index (χ1v) is 13.8. The van der Waals surface area contributed by atoms with Gasteiger partial charge in [-0.3, -0.25) is 4.79 Å². The van der Waals surface area contributed by atoms with Crippen LogP contribution in [-0.2, 0) is 6.61 Å². The second-order valence-electron chi connectivity index (χ2n) is 9.05. The molecule has 0 radical (unpaired) electrons. The van der Waals surface area contributed by atoms with Crippen LogP contribution in [-0.4, -0.2) is 15.9 Å². The van der Waals surface area contributed by atoms with Gasteiger partial charge in [-0.25, -0.2) is 4.98 Å². The Balaban J connectivity index is 1.37. The Morgan fingerprint density at radius 2 is 1.67 bits per heavy atom. The molecule has 0 saturated carbocycles. The molecular weight excluding hydrogens is 622 g/mol. The SMILES string of the molecule is Cc1ccc(COc2c(Br)cc(C=Nn3c(-c4cc5ccccc5o4)nc4ccccc4c3=O)cc2Br)cc1. The van der Waals surface area contributed by atoms with Crippen LogP contribution < -0.4 is 10.3 Å². The smallest absolute Gasteiger partial charge is 0.282 e. The van der Waals surface area contributed by atoms with Crippen LogP contribution in [0.4, 0.5) is 0 Å². The molecule has 4 aromatic carbocycles. The summed E-state index contributed by atoms with van der Waals surface area (Å²) in [6.07, 6.45) is 1.61. The lowest BCUT2D eigenvalue weighted by Crippen LogP contribution is -2.20. The van der Waals surface area contributed by atoms with Gasteiger partial charge in [0.25, 0.3) is 5.56 Å². The van der Waals surface area contributed by atoms with Crippen LogP contribution in [0.25, 0.3) is 33.5 Å². The zero-order chi connectivity index (χ0) is 26.9. The van der Waals surface area contributed by atoms with Gasteiger partial charge in [0.2, 0.25) is 5.82 Å². The van der Waals surface area contributed by atoms with Gasteiger partial charge < -0.3 is 9.15 Å². The van der Waals surface area contributed by atoms with Crippen LogP contribution in [0.3, 0.4) is 0 Å². The summed E-state index contributed by atoms with van der Waals surface area (Å²) in [4.78, 5) is 18.3. The van der Waals surface area contributed by atoms with E-state index in [0.29, 0.717) is 40.4 Å². The number of hydrogen-bond donors (Lipinski definition) is 0. The monoisotopic (exact) mass is 641 g/mol. The molecule has 192 valence electrons. The van der Waals surface area contributed by atoms with Gasteiger partial charge in [-0.2, -0.15) is 9.78 Å². The van der Waals surface area contributed by atoms with E-state index in [9.17, 15) is 4.79 Å². The predicted molar refractivity (Wildman–Crippen MR) is 162 cm³/mol. The van der Waals surface area contributed by atoms with E-state index < -0.39 is 0 Å². The standard InChI is InChI=1S/C31H21Br2N3O3/c1-19-10-12-20(13-11-19)18-38-29-24(32)14-21(15-25(29)33)17-34-36-30(28-16-22-6-2-5-9-27(22)39-28)35-26-8-4-3-7-23(26)31(36)37/h2-17H,18H2,1H3. The molecule has 0 amide bonds. The first-order chi connectivity index (χ1) is 19.0. The molecule has 39 heavy (non-hydrogen) atoms. The number of aromatic nitrogens is 2. The highest BCUT2D eigenvalue weighted by Crippen LogP contribution is 2.35. The number of rotatable bonds is 6. The normalized spacial score (nSPS) is 11.6. The Bertz CT molecular complexity index is 1870. The summed E-state index contributed by atoms with van der Waals surface area (Å²) in [6, 6.07) is 28.7. The number of aryl methyl sites for hydroxylation is 1. The van der Waals surface area contributed by atoms with E-state index >= 15 is 0 Å². The van der Waals surface area contributed by atoms with E-state index in [1.807, 2.05) is 66.7 Å². The highest BCUT2D eigenvalue weighted by molar-refractivity contribution is 9.11. The number of nitrogens with zero attached hydrogens (tertiary/aromatic N) is 3. The topological polar surface area (TPSA) is 69.6 Å². The molecule has 8 heteroatoms. The highest BCUT2D eigenvalue weighted by Gasteiger charge is 2.16. The summed E-state index contributed by atoms with van der Waals surface area (Å²) >= 11 is 7.23. The minimum Gasteiger partial charge on any atom is -0.487 e. The number of ether oxygens (including phenoxy) is 1. The second kappa shape index (κ2) is 10.6. The van der Waals surface area contributed by atoms with Gasteiger partial charge in [-0.1, -0.05) is 60.2 Å². The fourth-order valence-electron chi connectivity index (χ4n) is 4.24. The van der Waals surface area contributed by atoms with Gasteiger partial charge in [-0.15, -0.1) is 0 Å². The van der Waals surface area contributed by atoms with Crippen molar-refractivity contribution in [3.8, 4) is 17.3 Å². The summed E-state index contributed by atoms with van der Waals surface area (Å²) in [7, 11) is 0. The van der Waals surface area contributed by atoms with Crippen molar-refractivity contribution < 1.29 is 9.15 Å². The largest absolute Gasteiger partial charge is 0.487 e. The molecule has 0 fully saturated rings. The predicted octanol–water partition coefficient (Wildman–Crippen LogP) is 8.10. The van der Waals surface area contributed by atoms with Gasteiger partial charge in [-0.05, 0) is 86.3 Å². The van der Waals surface area contributed by atoms with Crippen molar-refractivity contribution in [1.82, 2.24) is 9.66 Å². The van der Waals surface area contributed by atoms with E-state index in [0.717, 1.165) is 25.5 Å². The van der Waals surface area contributed by atoms with E-state index in [-0.39, 0.29) is 5.56 Å². The molecular formula is C31H21Br2N3O3. The molecule has 6 nitrogen and oxygen atoms in total. The Labute approximate surface area is 240 Å². The van der Waals surface area contributed by atoms with E-state index in [1.54, 1.807) is 18.3 Å². The van der Waals surface area contributed by atoms with Crippen LogP contribution in [0.5, 0.6) is 5.75 Å². The van der Waals surface area contributed by atoms with Crippen molar-refractivity contribution in [2.24, 2.45) is 5.10 Å². The summed E-state index contributed by atoms with van der Waals surface area (Å²) in [5.41, 5.74) is 4.03. The van der Waals surface area contributed by atoms with Crippen molar-refractivity contribution in [3.63, 3.8) is 0 Å². The summed E-state index contributed by atoms with van der Waals surface area (Å²) in [5, 5.41) is 5.95. The Kier molecular flexibility index (Phi) is 6.89. The van der Waals surface area contributed by atoms with E-state index in [4.69, 9.17) is 14.1 Å². The Hall–Kier alpha value is -4.01.